The number of amides is 1. The van der Waals surface area contributed by atoms with Crippen molar-refractivity contribution in [3.05, 3.63) is 42.0 Å². The molecule has 4 heterocycles. The molecule has 2 fully saturated rings. The predicted molar refractivity (Wildman–Crippen MR) is 110 cm³/mol. The summed E-state index contributed by atoms with van der Waals surface area (Å²) in [6.07, 6.45) is 7.59. The second kappa shape index (κ2) is 7.09. The number of carbonyl (C=O) groups is 1. The average Bonchev–Trinajstić information content (AvgIpc) is 3.52. The van der Waals surface area contributed by atoms with Crippen molar-refractivity contribution in [3.8, 4) is 0 Å². The highest BCUT2D eigenvalue weighted by Crippen LogP contribution is 2.40. The Bertz CT molecular complexity index is 1030. The second-order valence-corrected chi connectivity index (χ2v) is 8.12. The summed E-state index contributed by atoms with van der Waals surface area (Å²) in [6, 6.07) is 4.01. The highest BCUT2D eigenvalue weighted by Gasteiger charge is 2.30. The molecule has 8 heteroatoms. The maximum atomic E-state index is 13.4. The Morgan fingerprint density at radius 2 is 1.83 bits per heavy atom. The molecule has 8 nitrogen and oxygen atoms in total. The molecule has 1 aliphatic carbocycles. The zero-order valence-corrected chi connectivity index (χ0v) is 16.8. The standard InChI is InChI=1S/C21H25N7O/c1-14(2)28-19-17(13-24-28)16(12-18(25-19)15-4-5-15)20(29)26-8-10-27(11-9-26)21-22-6-3-7-23-21/h3,6-7,12-15H,4-5,8-11H2,1-2H3. The molecule has 0 atom stereocenters. The molecular formula is C21H25N7O. The Morgan fingerprint density at radius 1 is 1.10 bits per heavy atom. The van der Waals surface area contributed by atoms with Gasteiger partial charge in [-0.3, -0.25) is 4.79 Å². The van der Waals surface area contributed by atoms with Crippen molar-refractivity contribution in [3.63, 3.8) is 0 Å². The molecule has 1 amide bonds. The van der Waals surface area contributed by atoms with E-state index < -0.39 is 0 Å². The molecule has 1 saturated heterocycles. The van der Waals surface area contributed by atoms with Crippen LogP contribution in [0.5, 0.6) is 0 Å². The van der Waals surface area contributed by atoms with Crippen LogP contribution in [0.2, 0.25) is 0 Å². The van der Waals surface area contributed by atoms with Gasteiger partial charge in [0.1, 0.15) is 0 Å². The van der Waals surface area contributed by atoms with Crippen LogP contribution in [0.4, 0.5) is 5.95 Å². The Kier molecular flexibility index (Phi) is 4.41. The minimum absolute atomic E-state index is 0.0660. The van der Waals surface area contributed by atoms with E-state index in [0.717, 1.165) is 54.2 Å². The first-order valence-electron chi connectivity index (χ1n) is 10.3. The second-order valence-electron chi connectivity index (χ2n) is 8.12. The van der Waals surface area contributed by atoms with Gasteiger partial charge in [0.2, 0.25) is 5.95 Å². The highest BCUT2D eigenvalue weighted by atomic mass is 16.2. The van der Waals surface area contributed by atoms with Gasteiger partial charge in [0.15, 0.2) is 5.65 Å². The van der Waals surface area contributed by atoms with Crippen molar-refractivity contribution >= 4 is 22.9 Å². The molecule has 3 aromatic heterocycles. The van der Waals surface area contributed by atoms with Gasteiger partial charge in [0, 0.05) is 56.2 Å². The van der Waals surface area contributed by atoms with Gasteiger partial charge in [-0.2, -0.15) is 5.10 Å². The summed E-state index contributed by atoms with van der Waals surface area (Å²) in [6.45, 7) is 6.93. The van der Waals surface area contributed by atoms with Crippen molar-refractivity contribution in [2.75, 3.05) is 31.1 Å². The Labute approximate surface area is 169 Å². The average molecular weight is 391 g/mol. The normalized spacial score (nSPS) is 17.3. The van der Waals surface area contributed by atoms with Gasteiger partial charge in [0.05, 0.1) is 17.1 Å². The van der Waals surface area contributed by atoms with E-state index in [9.17, 15) is 4.79 Å². The van der Waals surface area contributed by atoms with Gasteiger partial charge in [-0.15, -0.1) is 0 Å². The van der Waals surface area contributed by atoms with Crippen LogP contribution < -0.4 is 4.90 Å². The molecule has 1 saturated carbocycles. The van der Waals surface area contributed by atoms with Gasteiger partial charge in [-0.1, -0.05) is 0 Å². The number of hydrogen-bond donors (Lipinski definition) is 0. The number of nitrogens with zero attached hydrogens (tertiary/aromatic N) is 7. The first-order chi connectivity index (χ1) is 14.1. The smallest absolute Gasteiger partial charge is 0.254 e. The minimum atomic E-state index is 0.0660. The molecular weight excluding hydrogens is 366 g/mol. The highest BCUT2D eigenvalue weighted by molar-refractivity contribution is 6.05. The lowest BCUT2D eigenvalue weighted by Gasteiger charge is -2.34. The van der Waals surface area contributed by atoms with Gasteiger partial charge in [-0.25, -0.2) is 19.6 Å². The van der Waals surface area contributed by atoms with Crippen molar-refractivity contribution in [2.45, 2.75) is 38.6 Å². The van der Waals surface area contributed by atoms with E-state index in [1.807, 2.05) is 21.7 Å². The molecule has 0 aromatic carbocycles. The minimum Gasteiger partial charge on any atom is -0.337 e. The predicted octanol–water partition coefficient (Wildman–Crippen LogP) is 2.64. The molecule has 150 valence electrons. The van der Waals surface area contributed by atoms with E-state index in [1.54, 1.807) is 18.6 Å². The number of rotatable bonds is 4. The lowest BCUT2D eigenvalue weighted by molar-refractivity contribution is 0.0748. The molecule has 0 bridgehead atoms. The van der Waals surface area contributed by atoms with Crippen molar-refractivity contribution in [2.24, 2.45) is 0 Å². The first kappa shape index (κ1) is 18.0. The number of hydrogen-bond acceptors (Lipinski definition) is 6. The van der Waals surface area contributed by atoms with Crippen molar-refractivity contribution < 1.29 is 4.79 Å². The van der Waals surface area contributed by atoms with Crippen molar-refractivity contribution in [1.29, 1.82) is 0 Å². The molecule has 3 aromatic rings. The summed E-state index contributed by atoms with van der Waals surface area (Å²) in [5, 5.41) is 5.36. The molecule has 0 N–H and O–H groups in total. The maximum absolute atomic E-state index is 13.4. The number of anilines is 1. The summed E-state index contributed by atoms with van der Waals surface area (Å²) >= 11 is 0. The third-order valence-electron chi connectivity index (χ3n) is 5.70. The summed E-state index contributed by atoms with van der Waals surface area (Å²) in [5.74, 6) is 1.27. The number of pyridine rings is 1. The fraction of sp³-hybridized carbons (Fsp3) is 0.476. The van der Waals surface area contributed by atoms with E-state index in [4.69, 9.17) is 4.98 Å². The number of carbonyl (C=O) groups excluding carboxylic acids is 1. The van der Waals surface area contributed by atoms with E-state index in [2.05, 4.69) is 33.8 Å². The van der Waals surface area contributed by atoms with E-state index in [1.165, 1.54) is 0 Å². The lowest BCUT2D eigenvalue weighted by Crippen LogP contribution is -2.49. The summed E-state index contributed by atoms with van der Waals surface area (Å²) in [7, 11) is 0. The molecule has 0 radical (unpaired) electrons. The van der Waals surface area contributed by atoms with Crippen LogP contribution in [0.1, 0.15) is 54.7 Å². The Hall–Kier alpha value is -3.03. The van der Waals surface area contributed by atoms with Gasteiger partial charge < -0.3 is 9.80 Å². The molecule has 0 unspecified atom stereocenters. The zero-order chi connectivity index (χ0) is 20.0. The monoisotopic (exact) mass is 391 g/mol. The van der Waals surface area contributed by atoms with Crippen molar-refractivity contribution in [1.82, 2.24) is 29.6 Å². The SMILES string of the molecule is CC(C)n1ncc2c(C(=O)N3CCN(c4ncccn4)CC3)cc(C3CC3)nc21. The van der Waals surface area contributed by atoms with Crippen LogP contribution in [-0.4, -0.2) is 61.7 Å². The molecule has 2 aliphatic rings. The number of fused-ring (bicyclic) bond motifs is 1. The molecule has 29 heavy (non-hydrogen) atoms. The number of piperazine rings is 1. The van der Waals surface area contributed by atoms with Crippen LogP contribution in [-0.2, 0) is 0 Å². The molecule has 0 spiro atoms. The Morgan fingerprint density at radius 3 is 2.48 bits per heavy atom. The third-order valence-corrected chi connectivity index (χ3v) is 5.70. The number of aromatic nitrogens is 5. The maximum Gasteiger partial charge on any atom is 0.254 e. The van der Waals surface area contributed by atoms with Crippen LogP contribution in [0.3, 0.4) is 0 Å². The molecule has 1 aliphatic heterocycles. The van der Waals surface area contributed by atoms with Crippen LogP contribution >= 0.6 is 0 Å². The van der Waals surface area contributed by atoms with Crippen LogP contribution in [0, 0.1) is 0 Å². The van der Waals surface area contributed by atoms with E-state index in [0.29, 0.717) is 19.0 Å². The van der Waals surface area contributed by atoms with E-state index in [-0.39, 0.29) is 11.9 Å². The zero-order valence-electron chi connectivity index (χ0n) is 16.8. The van der Waals surface area contributed by atoms with Gasteiger partial charge in [-0.05, 0) is 38.8 Å². The van der Waals surface area contributed by atoms with Crippen LogP contribution in [0.15, 0.2) is 30.7 Å². The molecule has 5 rings (SSSR count). The first-order valence-corrected chi connectivity index (χ1v) is 10.3. The van der Waals surface area contributed by atoms with Gasteiger partial charge in [0.25, 0.3) is 5.91 Å². The summed E-state index contributed by atoms with van der Waals surface area (Å²) < 4.78 is 1.92. The largest absolute Gasteiger partial charge is 0.337 e. The fourth-order valence-electron chi connectivity index (χ4n) is 3.91. The fourth-order valence-corrected chi connectivity index (χ4v) is 3.91. The third kappa shape index (κ3) is 3.32. The summed E-state index contributed by atoms with van der Waals surface area (Å²) in [5.41, 5.74) is 2.58. The summed E-state index contributed by atoms with van der Waals surface area (Å²) in [4.78, 5) is 31.0. The van der Waals surface area contributed by atoms with E-state index >= 15 is 0 Å². The topological polar surface area (TPSA) is 80.0 Å². The van der Waals surface area contributed by atoms with Crippen LogP contribution in [0.25, 0.3) is 11.0 Å². The lowest BCUT2D eigenvalue weighted by atomic mass is 10.1. The Balaban J connectivity index is 1.42. The quantitative estimate of drug-likeness (QED) is 0.680. The van der Waals surface area contributed by atoms with Gasteiger partial charge >= 0.3 is 0 Å².